The van der Waals surface area contributed by atoms with Crippen molar-refractivity contribution < 1.29 is 29.0 Å². The van der Waals surface area contributed by atoms with E-state index in [2.05, 4.69) is 0 Å². The van der Waals surface area contributed by atoms with Crippen LogP contribution in [0.25, 0.3) is 0 Å². The van der Waals surface area contributed by atoms with Crippen LogP contribution in [0, 0.1) is 26.7 Å². The number of likely N-dealkylation sites (tertiary alicyclic amines) is 1. The summed E-state index contributed by atoms with van der Waals surface area (Å²) in [6, 6.07) is 18.6. The van der Waals surface area contributed by atoms with Gasteiger partial charge in [0.25, 0.3) is 0 Å². The Hall–Kier alpha value is -3.78. The van der Waals surface area contributed by atoms with Crippen LogP contribution in [-0.2, 0) is 4.79 Å². The van der Waals surface area contributed by atoms with Crippen molar-refractivity contribution in [1.82, 2.24) is 4.90 Å². The SMILES string of the molecule is CSc1ccc(C(=O)[C@H]2CN(C(=O)Oc3ccc(C)cc3)C[C@@H]2c2cc(C)c(OC(C)(C)C(=O)O)c(C)c2)cc1. The fourth-order valence-electron chi connectivity index (χ4n) is 4.95. The van der Waals surface area contributed by atoms with Crippen molar-refractivity contribution in [2.45, 2.75) is 51.0 Å². The number of thioether (sulfide) groups is 1. The van der Waals surface area contributed by atoms with Gasteiger partial charge in [-0.25, -0.2) is 9.59 Å². The summed E-state index contributed by atoms with van der Waals surface area (Å²) in [5, 5.41) is 9.54. The normalized spacial score (nSPS) is 17.0. The Labute approximate surface area is 239 Å². The van der Waals surface area contributed by atoms with Crippen molar-refractivity contribution in [2.24, 2.45) is 5.92 Å². The molecule has 2 atom stereocenters. The standard InChI is InChI=1S/C32H35NO6S/c1-19-7-11-24(12-8-19)38-31(37)33-17-26(27(18-33)28(34)22-9-13-25(40-6)14-10-22)23-15-20(2)29(21(3)16-23)39-32(4,5)30(35)36/h7-16,26-27H,17-18H2,1-6H3,(H,35,36)/t26-,27+/m1/s1. The lowest BCUT2D eigenvalue weighted by molar-refractivity contribution is -0.152. The lowest BCUT2D eigenvalue weighted by atomic mass is 9.82. The summed E-state index contributed by atoms with van der Waals surface area (Å²) >= 11 is 1.61. The highest BCUT2D eigenvalue weighted by Gasteiger charge is 2.42. The number of Topliss-reactive ketones (excluding diaryl/α,β-unsaturated/α-hetero) is 1. The molecule has 3 aromatic carbocycles. The molecule has 40 heavy (non-hydrogen) atoms. The second-order valence-electron chi connectivity index (χ2n) is 10.8. The molecule has 8 heteroatoms. The van der Waals surface area contributed by atoms with Crippen molar-refractivity contribution in [2.75, 3.05) is 19.3 Å². The number of carbonyl (C=O) groups excluding carboxylic acids is 2. The monoisotopic (exact) mass is 561 g/mol. The summed E-state index contributed by atoms with van der Waals surface area (Å²) in [6.07, 6.45) is 1.48. The van der Waals surface area contributed by atoms with Crippen molar-refractivity contribution in [3.8, 4) is 11.5 Å². The molecule has 1 saturated heterocycles. The zero-order valence-corrected chi connectivity index (χ0v) is 24.5. The number of carbonyl (C=O) groups is 3. The molecule has 1 aliphatic heterocycles. The molecule has 3 aromatic rings. The quantitative estimate of drug-likeness (QED) is 0.242. The number of carboxylic acid groups (broad SMARTS) is 1. The van der Waals surface area contributed by atoms with Gasteiger partial charge in [0.05, 0.1) is 0 Å². The Morgan fingerprint density at radius 1 is 0.925 bits per heavy atom. The van der Waals surface area contributed by atoms with Gasteiger partial charge in [-0.3, -0.25) is 4.79 Å². The maximum atomic E-state index is 13.8. The fraction of sp³-hybridized carbons (Fsp3) is 0.344. The third-order valence-corrected chi connectivity index (χ3v) is 8.04. The average molecular weight is 562 g/mol. The molecule has 0 radical (unpaired) electrons. The minimum atomic E-state index is -1.40. The van der Waals surface area contributed by atoms with Gasteiger partial charge >= 0.3 is 12.1 Å². The lowest BCUT2D eigenvalue weighted by Crippen LogP contribution is -2.38. The maximum Gasteiger partial charge on any atom is 0.415 e. The van der Waals surface area contributed by atoms with Crippen LogP contribution in [0.5, 0.6) is 11.5 Å². The molecule has 0 aromatic heterocycles. The number of aliphatic carboxylic acids is 1. The second-order valence-corrected chi connectivity index (χ2v) is 11.7. The van der Waals surface area contributed by atoms with E-state index in [0.717, 1.165) is 27.1 Å². The first kappa shape index (κ1) is 29.2. The second kappa shape index (κ2) is 11.8. The number of benzene rings is 3. The van der Waals surface area contributed by atoms with Crippen LogP contribution in [0.15, 0.2) is 65.6 Å². The number of ether oxygens (including phenoxy) is 2. The highest BCUT2D eigenvalue weighted by Crippen LogP contribution is 2.39. The Balaban J connectivity index is 1.66. The van der Waals surface area contributed by atoms with E-state index in [9.17, 15) is 19.5 Å². The Morgan fingerprint density at radius 3 is 2.08 bits per heavy atom. The van der Waals surface area contributed by atoms with E-state index < -0.39 is 23.6 Å². The first-order valence-electron chi connectivity index (χ1n) is 13.1. The molecule has 0 unspecified atom stereocenters. The van der Waals surface area contributed by atoms with E-state index >= 15 is 0 Å². The van der Waals surface area contributed by atoms with Gasteiger partial charge < -0.3 is 19.5 Å². The summed E-state index contributed by atoms with van der Waals surface area (Å²) in [6.45, 7) is 9.23. The zero-order valence-electron chi connectivity index (χ0n) is 23.7. The number of ketones is 1. The molecule has 0 bridgehead atoms. The molecule has 1 N–H and O–H groups in total. The highest BCUT2D eigenvalue weighted by atomic mass is 32.2. The summed E-state index contributed by atoms with van der Waals surface area (Å²) in [5.41, 5.74) is 2.67. The third-order valence-electron chi connectivity index (χ3n) is 7.30. The van der Waals surface area contributed by atoms with Gasteiger partial charge in [0, 0.05) is 35.4 Å². The Bertz CT molecular complexity index is 1390. The fourth-order valence-corrected chi connectivity index (χ4v) is 5.36. The van der Waals surface area contributed by atoms with Gasteiger partial charge in [-0.05, 0) is 81.8 Å². The predicted molar refractivity (Wildman–Crippen MR) is 156 cm³/mol. The summed E-state index contributed by atoms with van der Waals surface area (Å²) < 4.78 is 11.5. The summed E-state index contributed by atoms with van der Waals surface area (Å²) in [7, 11) is 0. The van der Waals surface area contributed by atoms with Crippen LogP contribution >= 0.6 is 11.8 Å². The molecule has 0 spiro atoms. The molecule has 7 nitrogen and oxygen atoms in total. The van der Waals surface area contributed by atoms with E-state index in [0.29, 0.717) is 23.6 Å². The molecular formula is C32H35NO6S. The number of hydrogen-bond acceptors (Lipinski definition) is 6. The van der Waals surface area contributed by atoms with Crippen LogP contribution in [0.4, 0.5) is 4.79 Å². The van der Waals surface area contributed by atoms with Crippen LogP contribution in [0.3, 0.4) is 0 Å². The first-order valence-corrected chi connectivity index (χ1v) is 14.4. The number of hydrogen-bond donors (Lipinski definition) is 1. The van der Waals surface area contributed by atoms with E-state index in [-0.39, 0.29) is 18.2 Å². The molecule has 210 valence electrons. The van der Waals surface area contributed by atoms with E-state index in [1.807, 2.05) is 75.6 Å². The van der Waals surface area contributed by atoms with Crippen molar-refractivity contribution in [1.29, 1.82) is 0 Å². The van der Waals surface area contributed by atoms with Gasteiger partial charge in [0.1, 0.15) is 11.5 Å². The highest BCUT2D eigenvalue weighted by molar-refractivity contribution is 7.98. The maximum absolute atomic E-state index is 13.8. The molecule has 1 amide bonds. The van der Waals surface area contributed by atoms with Crippen LogP contribution in [0.2, 0.25) is 0 Å². The van der Waals surface area contributed by atoms with Crippen LogP contribution < -0.4 is 9.47 Å². The minimum absolute atomic E-state index is 0.0362. The molecule has 1 aliphatic rings. The largest absolute Gasteiger partial charge is 0.478 e. The number of nitrogens with zero attached hydrogens (tertiary/aromatic N) is 1. The minimum Gasteiger partial charge on any atom is -0.478 e. The molecular weight excluding hydrogens is 526 g/mol. The smallest absolute Gasteiger partial charge is 0.415 e. The molecule has 4 rings (SSSR count). The molecule has 0 aliphatic carbocycles. The molecule has 1 fully saturated rings. The summed E-state index contributed by atoms with van der Waals surface area (Å²) in [4.78, 5) is 41.3. The zero-order chi connectivity index (χ0) is 29.2. The Morgan fingerprint density at radius 2 is 1.52 bits per heavy atom. The van der Waals surface area contributed by atoms with E-state index in [4.69, 9.17) is 9.47 Å². The van der Waals surface area contributed by atoms with Crippen molar-refractivity contribution in [3.05, 3.63) is 88.5 Å². The van der Waals surface area contributed by atoms with Gasteiger partial charge in [-0.1, -0.05) is 42.0 Å². The number of rotatable bonds is 8. The van der Waals surface area contributed by atoms with Crippen molar-refractivity contribution >= 4 is 29.6 Å². The lowest BCUT2D eigenvalue weighted by Gasteiger charge is -2.26. The average Bonchev–Trinajstić information content (AvgIpc) is 3.37. The predicted octanol–water partition coefficient (Wildman–Crippen LogP) is 6.67. The summed E-state index contributed by atoms with van der Waals surface area (Å²) in [5.74, 6) is -0.911. The molecule has 1 heterocycles. The van der Waals surface area contributed by atoms with Crippen LogP contribution in [0.1, 0.15) is 52.4 Å². The van der Waals surface area contributed by atoms with E-state index in [1.165, 1.54) is 13.8 Å². The number of amides is 1. The topological polar surface area (TPSA) is 93.1 Å². The van der Waals surface area contributed by atoms with Crippen LogP contribution in [-0.4, -0.2) is 52.8 Å². The van der Waals surface area contributed by atoms with Gasteiger partial charge in [0.15, 0.2) is 11.4 Å². The Kier molecular flexibility index (Phi) is 8.59. The van der Waals surface area contributed by atoms with Gasteiger partial charge in [-0.2, -0.15) is 0 Å². The van der Waals surface area contributed by atoms with E-state index in [1.54, 1.807) is 28.8 Å². The number of carboxylic acids is 1. The first-order chi connectivity index (χ1) is 18.9. The third kappa shape index (κ3) is 6.33. The van der Waals surface area contributed by atoms with Gasteiger partial charge in [-0.15, -0.1) is 11.8 Å². The van der Waals surface area contributed by atoms with Crippen molar-refractivity contribution in [3.63, 3.8) is 0 Å². The van der Waals surface area contributed by atoms with Gasteiger partial charge in [0.2, 0.25) is 0 Å². The molecule has 0 saturated carbocycles. The number of aryl methyl sites for hydroxylation is 3.